The Morgan fingerprint density at radius 3 is 2.12 bits per heavy atom. The number of aromatic carboxylic acids is 1. The summed E-state index contributed by atoms with van der Waals surface area (Å²) in [4.78, 5) is 27.6. The van der Waals surface area contributed by atoms with Crippen LogP contribution in [0.2, 0.25) is 0 Å². The topological polar surface area (TPSA) is 93.3 Å². The first kappa shape index (κ1) is 24.8. The normalized spacial score (nSPS) is 9.94. The van der Waals surface area contributed by atoms with Crippen molar-refractivity contribution in [3.8, 4) is 10.6 Å². The molecule has 172 valence electrons. The quantitative estimate of drug-likeness (QED) is 0.208. The lowest BCUT2D eigenvalue weighted by Gasteiger charge is -2.06. The van der Waals surface area contributed by atoms with Crippen molar-refractivity contribution in [3.05, 3.63) is 105 Å². The number of hydrogen-bond donors (Lipinski definition) is 2. The minimum Gasteiger partial charge on any atom is -0.478 e. The van der Waals surface area contributed by atoms with E-state index in [4.69, 9.17) is 5.73 Å². The van der Waals surface area contributed by atoms with E-state index in [1.807, 2.05) is 85.3 Å². The van der Waals surface area contributed by atoms with Crippen molar-refractivity contribution in [2.24, 2.45) is 0 Å². The number of aryl methyl sites for hydroxylation is 2. The molecule has 0 atom stereocenters. The average Bonchev–Trinajstić information content (AvgIpc) is 3.55. The molecule has 0 radical (unpaired) electrons. The van der Waals surface area contributed by atoms with E-state index in [1.165, 1.54) is 16.9 Å². The van der Waals surface area contributed by atoms with E-state index in [0.29, 0.717) is 22.2 Å². The summed E-state index contributed by atoms with van der Waals surface area (Å²) in [6, 6.07) is 22.6. The number of aldehydes is 1. The Morgan fingerprint density at radius 2 is 1.59 bits per heavy atom. The van der Waals surface area contributed by atoms with Crippen molar-refractivity contribution in [1.82, 2.24) is 4.98 Å². The second-order valence-corrected chi connectivity index (χ2v) is 9.33. The van der Waals surface area contributed by atoms with Crippen LogP contribution < -0.4 is 5.73 Å². The summed E-state index contributed by atoms with van der Waals surface area (Å²) in [5.74, 6) is -0.921. The highest BCUT2D eigenvalue weighted by atomic mass is 32.1. The van der Waals surface area contributed by atoms with Gasteiger partial charge in [-0.15, -0.1) is 22.7 Å². The Labute approximate surface area is 206 Å². The van der Waals surface area contributed by atoms with Crippen molar-refractivity contribution in [2.75, 3.05) is 5.73 Å². The molecule has 0 aliphatic rings. The Bertz CT molecular complexity index is 1340. The first-order valence-corrected chi connectivity index (χ1v) is 12.1. The molecule has 3 heterocycles. The molecular weight excluding hydrogens is 464 g/mol. The van der Waals surface area contributed by atoms with Crippen molar-refractivity contribution >= 4 is 51.5 Å². The van der Waals surface area contributed by atoms with Gasteiger partial charge < -0.3 is 10.8 Å². The molecule has 3 N–H and O–H groups in total. The largest absolute Gasteiger partial charge is 0.478 e. The first-order chi connectivity index (χ1) is 16.4. The molecule has 5 rings (SSSR count). The molecule has 0 saturated heterocycles. The lowest BCUT2D eigenvalue weighted by Crippen LogP contribution is -2.00. The summed E-state index contributed by atoms with van der Waals surface area (Å²) in [7, 11) is 0. The lowest BCUT2D eigenvalue weighted by atomic mass is 10.0. The summed E-state index contributed by atoms with van der Waals surface area (Å²) in [6.07, 6.45) is 0.852. The summed E-state index contributed by atoms with van der Waals surface area (Å²) in [5, 5.41) is 13.9. The van der Waals surface area contributed by atoms with Gasteiger partial charge in [-0.25, -0.2) is 9.78 Å². The van der Waals surface area contributed by atoms with Crippen molar-refractivity contribution in [1.29, 1.82) is 0 Å². The molecule has 0 spiro atoms. The molecule has 2 aromatic carbocycles. The molecule has 3 aromatic heterocycles. The van der Waals surface area contributed by atoms with Crippen LogP contribution in [0, 0.1) is 13.8 Å². The van der Waals surface area contributed by atoms with Crippen LogP contribution >= 0.6 is 22.7 Å². The Hall–Kier alpha value is -3.81. The highest BCUT2D eigenvalue weighted by Gasteiger charge is 2.13. The third-order valence-electron chi connectivity index (χ3n) is 4.70. The van der Waals surface area contributed by atoms with Crippen LogP contribution in [0.15, 0.2) is 83.6 Å². The Balaban J connectivity index is 0.000000177. The van der Waals surface area contributed by atoms with Crippen LogP contribution in [0.25, 0.3) is 21.5 Å². The summed E-state index contributed by atoms with van der Waals surface area (Å²) in [6.45, 7) is 3.98. The highest BCUT2D eigenvalue weighted by Crippen LogP contribution is 2.28. The van der Waals surface area contributed by atoms with E-state index in [1.54, 1.807) is 23.5 Å². The summed E-state index contributed by atoms with van der Waals surface area (Å²) in [5.41, 5.74) is 10.3. The fraction of sp³-hybridized carbons (Fsp3) is 0.0741. The number of fused-ring (bicyclic) bond motifs is 1. The van der Waals surface area contributed by atoms with Crippen molar-refractivity contribution in [3.63, 3.8) is 0 Å². The number of carboxylic acids is 1. The zero-order valence-electron chi connectivity index (χ0n) is 18.8. The lowest BCUT2D eigenvalue weighted by molar-refractivity contribution is 0.0699. The maximum atomic E-state index is 11.4. The number of nitrogen functional groups attached to an aromatic ring is 1. The average molecular weight is 489 g/mol. The molecule has 0 bridgehead atoms. The fourth-order valence-electron chi connectivity index (χ4n) is 2.99. The first-order valence-electron chi connectivity index (χ1n) is 10.4. The minimum atomic E-state index is -0.921. The third-order valence-corrected chi connectivity index (χ3v) is 6.39. The monoisotopic (exact) mass is 488 g/mol. The number of anilines is 1. The van der Waals surface area contributed by atoms with Crippen molar-refractivity contribution < 1.29 is 14.7 Å². The molecule has 0 fully saturated rings. The number of pyridine rings is 1. The summed E-state index contributed by atoms with van der Waals surface area (Å²) < 4.78 is 0. The van der Waals surface area contributed by atoms with E-state index in [-0.39, 0.29) is 0 Å². The van der Waals surface area contributed by atoms with Crippen LogP contribution in [0.5, 0.6) is 0 Å². The molecule has 0 saturated carbocycles. The summed E-state index contributed by atoms with van der Waals surface area (Å²) >= 11 is 3.01. The van der Waals surface area contributed by atoms with Gasteiger partial charge in [0.25, 0.3) is 0 Å². The molecule has 5 nitrogen and oxygen atoms in total. The number of nitrogens with zero attached hydrogens (tertiary/aromatic N) is 1. The molecule has 7 heteroatoms. The van der Waals surface area contributed by atoms with Crippen LogP contribution in [0.1, 0.15) is 31.2 Å². The SMILES string of the molecule is Cc1ccc(N)cc1.Cc1ccc2nc(-c3cccs3)cc(C(=O)O)c2c1.O=Cc1cccs1. The Kier molecular flexibility index (Phi) is 8.67. The van der Waals surface area contributed by atoms with Gasteiger partial charge >= 0.3 is 5.97 Å². The number of benzene rings is 2. The van der Waals surface area contributed by atoms with Crippen molar-refractivity contribution in [2.45, 2.75) is 13.8 Å². The third kappa shape index (κ3) is 6.84. The number of carboxylic acid groups (broad SMARTS) is 1. The highest BCUT2D eigenvalue weighted by molar-refractivity contribution is 7.13. The van der Waals surface area contributed by atoms with E-state index < -0.39 is 5.97 Å². The van der Waals surface area contributed by atoms with Gasteiger partial charge in [-0.05, 0) is 67.1 Å². The van der Waals surface area contributed by atoms with Crippen LogP contribution in [-0.4, -0.2) is 22.3 Å². The molecule has 0 amide bonds. The predicted molar refractivity (Wildman–Crippen MR) is 142 cm³/mol. The smallest absolute Gasteiger partial charge is 0.336 e. The second kappa shape index (κ2) is 11.9. The van der Waals surface area contributed by atoms with Gasteiger partial charge in [-0.3, -0.25) is 4.79 Å². The van der Waals surface area contributed by atoms with Gasteiger partial charge in [0.1, 0.15) is 0 Å². The number of rotatable bonds is 3. The van der Waals surface area contributed by atoms with E-state index in [0.717, 1.165) is 27.3 Å². The number of thiophene rings is 2. The predicted octanol–water partition coefficient (Wildman–Crippen LogP) is 7.11. The van der Waals surface area contributed by atoms with Gasteiger partial charge in [-0.1, -0.05) is 41.5 Å². The van der Waals surface area contributed by atoms with Gasteiger partial charge in [-0.2, -0.15) is 0 Å². The molecule has 5 aromatic rings. The minimum absolute atomic E-state index is 0.303. The van der Waals surface area contributed by atoms with Gasteiger partial charge in [0.05, 0.1) is 26.5 Å². The zero-order valence-corrected chi connectivity index (χ0v) is 20.4. The number of nitrogens with two attached hydrogens (primary N) is 1. The molecule has 0 unspecified atom stereocenters. The molecular formula is C27H24N2O3S2. The number of carbonyl (C=O) groups is 2. The second-order valence-electron chi connectivity index (χ2n) is 7.40. The van der Waals surface area contributed by atoms with Gasteiger partial charge in [0.15, 0.2) is 6.29 Å². The van der Waals surface area contributed by atoms with E-state index >= 15 is 0 Å². The molecule has 0 aliphatic heterocycles. The standard InChI is InChI=1S/C15H11NO2S.C7H9N.C5H4OS/c1-9-4-5-12-10(7-9)11(15(17)18)8-13(16-12)14-3-2-6-19-14;1-6-2-4-7(8)5-3-6;6-4-5-2-1-3-7-5/h2-8H,1H3,(H,17,18);2-5H,8H2,1H3;1-4H. The number of hydrogen-bond acceptors (Lipinski definition) is 6. The molecule has 0 aliphatic carbocycles. The van der Waals surface area contributed by atoms with Crippen LogP contribution in [0.3, 0.4) is 0 Å². The van der Waals surface area contributed by atoms with Crippen LogP contribution in [-0.2, 0) is 0 Å². The maximum Gasteiger partial charge on any atom is 0.336 e. The number of carbonyl (C=O) groups excluding carboxylic acids is 1. The maximum absolute atomic E-state index is 11.4. The molecule has 34 heavy (non-hydrogen) atoms. The Morgan fingerprint density at radius 1 is 0.912 bits per heavy atom. The van der Waals surface area contributed by atoms with E-state index in [9.17, 15) is 14.7 Å². The fourth-order valence-corrected chi connectivity index (χ4v) is 4.21. The van der Waals surface area contributed by atoms with Gasteiger partial charge in [0, 0.05) is 11.1 Å². The van der Waals surface area contributed by atoms with Gasteiger partial charge in [0.2, 0.25) is 0 Å². The number of aromatic nitrogens is 1. The van der Waals surface area contributed by atoms with Crippen LogP contribution in [0.4, 0.5) is 5.69 Å². The zero-order chi connectivity index (χ0) is 24.5. The van der Waals surface area contributed by atoms with E-state index in [2.05, 4.69) is 4.98 Å².